The summed E-state index contributed by atoms with van der Waals surface area (Å²) in [5.74, 6) is 0.822. The van der Waals surface area contributed by atoms with Gasteiger partial charge in [-0.15, -0.1) is 0 Å². The number of unbranched alkanes of at least 4 members (excludes halogenated alkanes) is 1. The lowest BCUT2D eigenvalue weighted by molar-refractivity contribution is -0.119. The molecular weight excluding hydrogens is 350 g/mol. The van der Waals surface area contributed by atoms with Gasteiger partial charge >= 0.3 is 0 Å². The van der Waals surface area contributed by atoms with Crippen LogP contribution in [0.4, 0.5) is 5.82 Å². The van der Waals surface area contributed by atoms with Crippen LogP contribution in [0.2, 0.25) is 0 Å². The van der Waals surface area contributed by atoms with Crippen molar-refractivity contribution < 1.29 is 4.79 Å². The average molecular weight is 382 g/mol. The number of anilines is 1. The molecular formula is C22H31N5O. The van der Waals surface area contributed by atoms with E-state index < -0.39 is 0 Å². The molecule has 1 unspecified atom stereocenters. The predicted octanol–water partition coefficient (Wildman–Crippen LogP) is 5.16. The summed E-state index contributed by atoms with van der Waals surface area (Å²) in [6.45, 7) is 6.14. The molecule has 2 aromatic heterocycles. The summed E-state index contributed by atoms with van der Waals surface area (Å²) >= 11 is 0. The van der Waals surface area contributed by atoms with Crippen molar-refractivity contribution in [3.8, 4) is 6.07 Å². The Hall–Kier alpha value is -2.68. The lowest BCUT2D eigenvalue weighted by Crippen LogP contribution is -2.20. The Morgan fingerprint density at radius 3 is 2.71 bits per heavy atom. The molecule has 0 aliphatic carbocycles. The average Bonchev–Trinajstić information content (AvgIpc) is 3.20. The molecule has 0 radical (unpaired) electrons. The Kier molecular flexibility index (Phi) is 8.67. The first-order chi connectivity index (χ1) is 13.6. The van der Waals surface area contributed by atoms with E-state index in [0.717, 1.165) is 55.4 Å². The maximum Gasteiger partial charge on any atom is 0.176 e. The lowest BCUT2D eigenvalue weighted by Gasteiger charge is -2.19. The highest BCUT2D eigenvalue weighted by atomic mass is 16.1. The Morgan fingerprint density at radius 2 is 2.04 bits per heavy atom. The van der Waals surface area contributed by atoms with Gasteiger partial charge in [-0.3, -0.25) is 4.79 Å². The number of allylic oxidation sites excluding steroid dienone is 2. The number of fused-ring (bicyclic) bond motifs is 1. The van der Waals surface area contributed by atoms with Crippen LogP contribution in [0.1, 0.15) is 65.7 Å². The molecule has 2 atom stereocenters. The molecule has 0 aliphatic heterocycles. The zero-order valence-electron chi connectivity index (χ0n) is 17.2. The zero-order valence-corrected chi connectivity index (χ0v) is 17.2. The number of carbonyl (C=O) groups is 1. The van der Waals surface area contributed by atoms with Gasteiger partial charge in [0.25, 0.3) is 0 Å². The second-order valence-electron chi connectivity index (χ2n) is 7.10. The number of H-pyrrole nitrogens is 1. The number of aromatic nitrogens is 3. The highest BCUT2D eigenvalue weighted by Crippen LogP contribution is 2.22. The summed E-state index contributed by atoms with van der Waals surface area (Å²) in [6.07, 6.45) is 11.6. The third-order valence-electron chi connectivity index (χ3n) is 5.20. The number of nitriles is 1. The van der Waals surface area contributed by atoms with Gasteiger partial charge in [-0.2, -0.15) is 5.26 Å². The van der Waals surface area contributed by atoms with Gasteiger partial charge in [0.15, 0.2) is 5.78 Å². The molecule has 0 amide bonds. The number of nitrogens with zero attached hydrogens (tertiary/aromatic N) is 3. The predicted molar refractivity (Wildman–Crippen MR) is 113 cm³/mol. The van der Waals surface area contributed by atoms with Crippen LogP contribution in [-0.2, 0) is 4.79 Å². The standard InChI is InChI=1S/C22H31N5O/c1-4-9-17(14-23)20(28)16(5-2)10-7-8-11-18(6-3)27-22-19-12-13-24-21(19)25-15-26-22/h9,12-13,15-16,18H,4-8,10-11H2,1-3H3,(H2,24,25,26,27)/b17-9+/t16?,18-/m0/s1. The highest BCUT2D eigenvalue weighted by Gasteiger charge is 2.20. The van der Waals surface area contributed by atoms with E-state index in [4.69, 9.17) is 0 Å². The normalized spacial score (nSPS) is 13.9. The molecule has 0 saturated heterocycles. The SMILES string of the molecule is CC/C=C(\C#N)C(=O)C(CC)CCCC[C@H](CC)Nc1ncnc2[nH]ccc12. The molecule has 0 bridgehead atoms. The number of aromatic amines is 1. The molecule has 0 saturated carbocycles. The monoisotopic (exact) mass is 381 g/mol. The Labute approximate surface area is 167 Å². The third kappa shape index (κ3) is 5.66. The van der Waals surface area contributed by atoms with E-state index in [-0.39, 0.29) is 11.7 Å². The maximum atomic E-state index is 12.5. The summed E-state index contributed by atoms with van der Waals surface area (Å²) in [7, 11) is 0. The van der Waals surface area contributed by atoms with Gasteiger partial charge < -0.3 is 10.3 Å². The summed E-state index contributed by atoms with van der Waals surface area (Å²) in [5.41, 5.74) is 1.16. The zero-order chi connectivity index (χ0) is 20.4. The van der Waals surface area contributed by atoms with Crippen LogP contribution in [0.5, 0.6) is 0 Å². The largest absolute Gasteiger partial charge is 0.367 e. The molecule has 0 fully saturated rings. The van der Waals surface area contributed by atoms with Crippen molar-refractivity contribution in [2.45, 2.75) is 71.8 Å². The number of carbonyl (C=O) groups excluding carboxylic acids is 1. The lowest BCUT2D eigenvalue weighted by atomic mass is 9.89. The van der Waals surface area contributed by atoms with Crippen molar-refractivity contribution in [3.05, 3.63) is 30.2 Å². The van der Waals surface area contributed by atoms with Crippen molar-refractivity contribution in [2.24, 2.45) is 5.92 Å². The van der Waals surface area contributed by atoms with E-state index in [9.17, 15) is 10.1 Å². The minimum Gasteiger partial charge on any atom is -0.367 e. The third-order valence-corrected chi connectivity index (χ3v) is 5.20. The van der Waals surface area contributed by atoms with Crippen molar-refractivity contribution >= 4 is 22.6 Å². The molecule has 150 valence electrons. The first-order valence-electron chi connectivity index (χ1n) is 10.3. The number of nitrogens with one attached hydrogen (secondary N) is 2. The van der Waals surface area contributed by atoms with Crippen LogP contribution in [0.25, 0.3) is 11.0 Å². The molecule has 6 nitrogen and oxygen atoms in total. The second-order valence-corrected chi connectivity index (χ2v) is 7.10. The molecule has 0 aromatic carbocycles. The van der Waals surface area contributed by atoms with Crippen LogP contribution in [0.3, 0.4) is 0 Å². The van der Waals surface area contributed by atoms with Crippen LogP contribution in [-0.4, -0.2) is 26.8 Å². The topological polar surface area (TPSA) is 94.5 Å². The highest BCUT2D eigenvalue weighted by molar-refractivity contribution is 6.00. The van der Waals surface area contributed by atoms with E-state index in [1.165, 1.54) is 0 Å². The number of Topliss-reactive ketones (excluding diaryl/α,β-unsaturated/α-hetero) is 1. The first kappa shape index (κ1) is 21.6. The molecule has 2 heterocycles. The summed E-state index contributed by atoms with van der Waals surface area (Å²) in [6, 6.07) is 4.38. The van der Waals surface area contributed by atoms with Gasteiger partial charge in [0.1, 0.15) is 23.9 Å². The molecule has 2 aromatic rings. The smallest absolute Gasteiger partial charge is 0.176 e. The van der Waals surface area contributed by atoms with Gasteiger partial charge in [-0.1, -0.05) is 39.7 Å². The summed E-state index contributed by atoms with van der Waals surface area (Å²) < 4.78 is 0. The number of ketones is 1. The second kappa shape index (κ2) is 11.2. The van der Waals surface area contributed by atoms with Crippen molar-refractivity contribution in [2.75, 3.05) is 5.32 Å². The first-order valence-corrected chi connectivity index (χ1v) is 10.3. The fourth-order valence-electron chi connectivity index (χ4n) is 3.49. The Bertz CT molecular complexity index is 833. The van der Waals surface area contributed by atoms with E-state index in [2.05, 4.69) is 33.3 Å². The van der Waals surface area contributed by atoms with E-state index in [1.54, 1.807) is 12.4 Å². The fourth-order valence-corrected chi connectivity index (χ4v) is 3.49. The molecule has 28 heavy (non-hydrogen) atoms. The van der Waals surface area contributed by atoms with Crippen molar-refractivity contribution in [3.63, 3.8) is 0 Å². The minimum absolute atomic E-state index is 0.00727. The minimum atomic E-state index is -0.0492. The van der Waals surface area contributed by atoms with Crippen LogP contribution < -0.4 is 5.32 Å². The van der Waals surface area contributed by atoms with Crippen LogP contribution in [0.15, 0.2) is 30.2 Å². The van der Waals surface area contributed by atoms with Gasteiger partial charge in [0.05, 0.1) is 11.0 Å². The van der Waals surface area contributed by atoms with E-state index in [0.29, 0.717) is 18.0 Å². The molecule has 0 aliphatic rings. The van der Waals surface area contributed by atoms with Crippen molar-refractivity contribution in [1.29, 1.82) is 5.26 Å². The van der Waals surface area contributed by atoms with Gasteiger partial charge in [-0.25, -0.2) is 9.97 Å². The Balaban J connectivity index is 1.85. The van der Waals surface area contributed by atoms with Gasteiger partial charge in [0.2, 0.25) is 0 Å². The van der Waals surface area contributed by atoms with Crippen LogP contribution >= 0.6 is 0 Å². The summed E-state index contributed by atoms with van der Waals surface area (Å²) in [4.78, 5) is 24.2. The van der Waals surface area contributed by atoms with Crippen molar-refractivity contribution in [1.82, 2.24) is 15.0 Å². The molecule has 6 heteroatoms. The summed E-state index contributed by atoms with van der Waals surface area (Å²) in [5, 5.41) is 13.7. The molecule has 2 N–H and O–H groups in total. The van der Waals surface area contributed by atoms with Gasteiger partial charge in [-0.05, 0) is 38.2 Å². The number of hydrogen-bond donors (Lipinski definition) is 2. The van der Waals surface area contributed by atoms with E-state index in [1.807, 2.05) is 26.1 Å². The number of rotatable bonds is 12. The molecule has 0 spiro atoms. The Morgan fingerprint density at radius 1 is 1.25 bits per heavy atom. The molecule has 2 rings (SSSR count). The number of hydrogen-bond acceptors (Lipinski definition) is 5. The fraction of sp³-hybridized carbons (Fsp3) is 0.545. The maximum absolute atomic E-state index is 12.5. The quantitative estimate of drug-likeness (QED) is 0.301. The van der Waals surface area contributed by atoms with Crippen LogP contribution in [0, 0.1) is 17.2 Å². The van der Waals surface area contributed by atoms with Gasteiger partial charge in [0, 0.05) is 18.2 Å². The van der Waals surface area contributed by atoms with E-state index >= 15 is 0 Å².